The van der Waals surface area contributed by atoms with E-state index in [1.807, 2.05) is 11.8 Å². The van der Waals surface area contributed by atoms with Crippen molar-refractivity contribution in [2.75, 3.05) is 26.2 Å². The molecule has 2 rings (SSSR count). The molecule has 2 N–H and O–H groups in total. The van der Waals surface area contributed by atoms with E-state index < -0.39 is 4.92 Å². The zero-order valence-electron chi connectivity index (χ0n) is 11.3. The van der Waals surface area contributed by atoms with Crippen LogP contribution in [0, 0.1) is 10.1 Å². The van der Waals surface area contributed by atoms with Gasteiger partial charge in [0.05, 0.1) is 12.6 Å². The van der Waals surface area contributed by atoms with Gasteiger partial charge < -0.3 is 15.1 Å². The second-order valence-corrected chi connectivity index (χ2v) is 4.58. The van der Waals surface area contributed by atoms with Crippen molar-refractivity contribution in [3.05, 3.63) is 28.0 Å². The Morgan fingerprint density at radius 2 is 2.45 bits per heavy atom. The summed E-state index contributed by atoms with van der Waals surface area (Å²) < 4.78 is 5.14. The number of amides is 1. The maximum absolute atomic E-state index is 12.0. The van der Waals surface area contributed by atoms with E-state index in [1.54, 1.807) is 6.07 Å². The molecular weight excluding hydrogens is 264 g/mol. The molecule has 1 aliphatic heterocycles. The highest BCUT2D eigenvalue weighted by atomic mass is 16.6. The number of nitrogens with zero attached hydrogens (tertiary/aromatic N) is 2. The van der Waals surface area contributed by atoms with Gasteiger partial charge in [-0.05, 0) is 13.0 Å². The minimum absolute atomic E-state index is 0.0410. The first-order valence-corrected chi connectivity index (χ1v) is 6.57. The summed E-state index contributed by atoms with van der Waals surface area (Å²) in [6.45, 7) is 4.87. The lowest BCUT2D eigenvalue weighted by Crippen LogP contribution is -2.57. The minimum Gasteiger partial charge on any atom is -0.404 e. The van der Waals surface area contributed by atoms with Crippen LogP contribution in [0.3, 0.4) is 0 Å². The van der Waals surface area contributed by atoms with Gasteiger partial charge in [0.15, 0.2) is 0 Å². The third-order valence-corrected chi connectivity index (χ3v) is 3.19. The largest absolute Gasteiger partial charge is 0.433 e. The van der Waals surface area contributed by atoms with Gasteiger partial charge in [-0.3, -0.25) is 19.8 Å². The first-order chi connectivity index (χ1) is 9.61. The second kappa shape index (κ2) is 6.49. The van der Waals surface area contributed by atoms with Gasteiger partial charge in [-0.25, -0.2) is 0 Å². The number of nitrogens with one attached hydrogen (secondary N) is 2. The lowest BCUT2D eigenvalue weighted by atomic mass is 10.1. The van der Waals surface area contributed by atoms with Crippen LogP contribution in [-0.2, 0) is 11.3 Å². The summed E-state index contributed by atoms with van der Waals surface area (Å²) in [6, 6.07) is 2.63. The summed E-state index contributed by atoms with van der Waals surface area (Å²) in [6.07, 6.45) is 0. The van der Waals surface area contributed by atoms with Crippen molar-refractivity contribution in [3.63, 3.8) is 0 Å². The van der Waals surface area contributed by atoms with Crippen LogP contribution in [0.4, 0.5) is 5.88 Å². The van der Waals surface area contributed by atoms with Crippen molar-refractivity contribution in [2.24, 2.45) is 0 Å². The predicted molar refractivity (Wildman–Crippen MR) is 71.1 cm³/mol. The average Bonchev–Trinajstić information content (AvgIpc) is 2.88. The highest BCUT2D eigenvalue weighted by molar-refractivity contribution is 5.82. The normalized spacial score (nSPS) is 19.8. The summed E-state index contributed by atoms with van der Waals surface area (Å²) in [7, 11) is 0. The molecule has 8 nitrogen and oxygen atoms in total. The molecule has 1 aromatic rings. The highest BCUT2D eigenvalue weighted by Crippen LogP contribution is 2.18. The second-order valence-electron chi connectivity index (χ2n) is 4.58. The molecule has 1 aliphatic rings. The molecule has 8 heteroatoms. The molecule has 1 fully saturated rings. The van der Waals surface area contributed by atoms with Crippen LogP contribution in [0.1, 0.15) is 12.7 Å². The number of furan rings is 1. The van der Waals surface area contributed by atoms with Crippen molar-refractivity contribution in [2.45, 2.75) is 19.5 Å². The highest BCUT2D eigenvalue weighted by Gasteiger charge is 2.29. The van der Waals surface area contributed by atoms with E-state index in [-0.39, 0.29) is 17.8 Å². The zero-order valence-corrected chi connectivity index (χ0v) is 11.3. The van der Waals surface area contributed by atoms with Gasteiger partial charge in [0, 0.05) is 26.2 Å². The van der Waals surface area contributed by atoms with E-state index in [0.717, 1.165) is 6.54 Å². The Bertz CT molecular complexity index is 488. The Kier molecular flexibility index (Phi) is 4.70. The SMILES string of the molecule is CCNC(=O)C1CNCCN1Cc1ccc([N+](=O)[O-])o1. The van der Waals surface area contributed by atoms with Crippen molar-refractivity contribution in [1.29, 1.82) is 0 Å². The van der Waals surface area contributed by atoms with Gasteiger partial charge >= 0.3 is 5.88 Å². The summed E-state index contributed by atoms with van der Waals surface area (Å²) in [5.41, 5.74) is 0. The van der Waals surface area contributed by atoms with Crippen LogP contribution in [0.15, 0.2) is 16.5 Å². The summed E-state index contributed by atoms with van der Waals surface area (Å²) in [5, 5.41) is 16.6. The molecule has 110 valence electrons. The van der Waals surface area contributed by atoms with Gasteiger partial charge in [-0.2, -0.15) is 0 Å². The molecule has 1 saturated heterocycles. The third-order valence-electron chi connectivity index (χ3n) is 3.19. The molecule has 0 spiro atoms. The minimum atomic E-state index is -0.567. The molecule has 1 aromatic heterocycles. The van der Waals surface area contributed by atoms with E-state index in [9.17, 15) is 14.9 Å². The standard InChI is InChI=1S/C12H18N4O4/c1-2-14-12(17)10-7-13-5-6-15(10)8-9-3-4-11(20-9)16(18)19/h3-4,10,13H,2,5-8H2,1H3,(H,14,17). The summed E-state index contributed by atoms with van der Waals surface area (Å²) >= 11 is 0. The molecule has 0 aromatic carbocycles. The van der Waals surface area contributed by atoms with Crippen LogP contribution in [0.2, 0.25) is 0 Å². The Hall–Kier alpha value is -1.93. The maximum Gasteiger partial charge on any atom is 0.433 e. The zero-order chi connectivity index (χ0) is 14.5. The van der Waals surface area contributed by atoms with Gasteiger partial charge in [0.25, 0.3) is 0 Å². The predicted octanol–water partition coefficient (Wildman–Crippen LogP) is 0.0977. The first kappa shape index (κ1) is 14.5. The molecule has 0 bridgehead atoms. The van der Waals surface area contributed by atoms with E-state index in [0.29, 0.717) is 31.9 Å². The van der Waals surface area contributed by atoms with Crippen LogP contribution in [0.5, 0.6) is 0 Å². The Morgan fingerprint density at radius 3 is 3.10 bits per heavy atom. The summed E-state index contributed by atoms with van der Waals surface area (Å²) in [4.78, 5) is 24.0. The third kappa shape index (κ3) is 3.34. The Morgan fingerprint density at radius 1 is 1.65 bits per heavy atom. The van der Waals surface area contributed by atoms with Gasteiger partial charge in [0.2, 0.25) is 5.91 Å². The number of piperazine rings is 1. The maximum atomic E-state index is 12.0. The molecule has 1 amide bonds. The Balaban J connectivity index is 2.04. The number of rotatable bonds is 5. The fourth-order valence-electron chi connectivity index (χ4n) is 2.24. The summed E-state index contributed by atoms with van der Waals surface area (Å²) in [5.74, 6) is 0.179. The van der Waals surface area contributed by atoms with Crippen LogP contribution in [0.25, 0.3) is 0 Å². The average molecular weight is 282 g/mol. The van der Waals surface area contributed by atoms with E-state index in [1.165, 1.54) is 6.07 Å². The van der Waals surface area contributed by atoms with Crippen LogP contribution < -0.4 is 10.6 Å². The van der Waals surface area contributed by atoms with Crippen LogP contribution in [-0.4, -0.2) is 48.0 Å². The van der Waals surface area contributed by atoms with Gasteiger partial charge in [-0.1, -0.05) is 0 Å². The van der Waals surface area contributed by atoms with Gasteiger partial charge in [-0.15, -0.1) is 0 Å². The number of hydrogen-bond acceptors (Lipinski definition) is 6. The smallest absolute Gasteiger partial charge is 0.404 e. The van der Waals surface area contributed by atoms with Gasteiger partial charge in [0.1, 0.15) is 16.7 Å². The molecule has 0 aliphatic carbocycles. The van der Waals surface area contributed by atoms with E-state index in [2.05, 4.69) is 10.6 Å². The van der Waals surface area contributed by atoms with E-state index >= 15 is 0 Å². The number of nitro groups is 1. The molecule has 1 atom stereocenters. The van der Waals surface area contributed by atoms with Crippen molar-refractivity contribution >= 4 is 11.8 Å². The lowest BCUT2D eigenvalue weighted by molar-refractivity contribution is -0.402. The van der Waals surface area contributed by atoms with Crippen LogP contribution >= 0.6 is 0 Å². The van der Waals surface area contributed by atoms with Crippen molar-refractivity contribution in [3.8, 4) is 0 Å². The first-order valence-electron chi connectivity index (χ1n) is 6.57. The molecule has 0 saturated carbocycles. The number of likely N-dealkylation sites (N-methyl/N-ethyl adjacent to an activating group) is 1. The molecule has 0 radical (unpaired) electrons. The fraction of sp³-hybridized carbons (Fsp3) is 0.583. The van der Waals surface area contributed by atoms with E-state index in [4.69, 9.17) is 4.42 Å². The number of hydrogen-bond donors (Lipinski definition) is 2. The fourth-order valence-corrected chi connectivity index (χ4v) is 2.24. The molecule has 1 unspecified atom stereocenters. The molecule has 2 heterocycles. The quantitative estimate of drug-likeness (QED) is 0.586. The topological polar surface area (TPSA) is 101 Å². The monoisotopic (exact) mass is 282 g/mol. The Labute approximate surface area is 116 Å². The molecular formula is C12H18N4O4. The number of carbonyl (C=O) groups excluding carboxylic acids is 1. The number of carbonyl (C=O) groups is 1. The molecule has 20 heavy (non-hydrogen) atoms. The lowest BCUT2D eigenvalue weighted by Gasteiger charge is -2.34. The van der Waals surface area contributed by atoms with Crippen molar-refractivity contribution in [1.82, 2.24) is 15.5 Å². The van der Waals surface area contributed by atoms with Crippen molar-refractivity contribution < 1.29 is 14.1 Å².